The number of rotatable bonds is 4. The van der Waals surface area contributed by atoms with Gasteiger partial charge in [0.25, 0.3) is 0 Å². The number of likely N-dealkylation sites (N-methyl/N-ethyl adjacent to an activating group) is 1. The van der Waals surface area contributed by atoms with Gasteiger partial charge in [0.05, 0.1) is 12.3 Å². The third-order valence-electron chi connectivity index (χ3n) is 2.65. The third-order valence-corrected chi connectivity index (χ3v) is 4.60. The van der Waals surface area contributed by atoms with Gasteiger partial charge in [-0.3, -0.25) is 0 Å². The summed E-state index contributed by atoms with van der Waals surface area (Å²) in [6.45, 7) is 2.08. The van der Waals surface area contributed by atoms with Gasteiger partial charge in [0.15, 0.2) is 0 Å². The van der Waals surface area contributed by atoms with Gasteiger partial charge in [0, 0.05) is 15.8 Å². The number of nitrogens with one attached hydrogen (secondary N) is 1. The summed E-state index contributed by atoms with van der Waals surface area (Å²) in [6.07, 6.45) is 2.70. The maximum absolute atomic E-state index is 5.53. The molecule has 4 heteroatoms. The number of aryl methyl sites for hydroxylation is 1. The van der Waals surface area contributed by atoms with Gasteiger partial charge in [-0.25, -0.2) is 0 Å². The van der Waals surface area contributed by atoms with Gasteiger partial charge in [-0.15, -0.1) is 11.3 Å². The standard InChI is InChI=1S/C12H14BrNOS/c1-8-3-5-15-12(8)10(14-2)7-11-9(13)4-6-16-11/h3-6,10,14H,7H2,1-2H3. The van der Waals surface area contributed by atoms with Crippen LogP contribution in [0.3, 0.4) is 0 Å². The number of furan rings is 1. The summed E-state index contributed by atoms with van der Waals surface area (Å²) in [5, 5.41) is 5.40. The first-order chi connectivity index (χ1) is 7.72. The molecule has 0 bridgehead atoms. The summed E-state index contributed by atoms with van der Waals surface area (Å²) >= 11 is 5.33. The van der Waals surface area contributed by atoms with Crippen LogP contribution in [0.25, 0.3) is 0 Å². The van der Waals surface area contributed by atoms with Crippen molar-refractivity contribution in [1.82, 2.24) is 5.32 Å². The van der Waals surface area contributed by atoms with E-state index in [4.69, 9.17) is 4.42 Å². The number of thiophene rings is 1. The summed E-state index contributed by atoms with van der Waals surface area (Å²) in [5.74, 6) is 1.03. The van der Waals surface area contributed by atoms with Crippen molar-refractivity contribution in [3.8, 4) is 0 Å². The molecular weight excluding hydrogens is 286 g/mol. The highest BCUT2D eigenvalue weighted by atomic mass is 79.9. The molecule has 0 saturated heterocycles. The molecule has 0 amide bonds. The summed E-state index contributed by atoms with van der Waals surface area (Å²) in [4.78, 5) is 1.34. The van der Waals surface area contributed by atoms with Crippen LogP contribution in [0.15, 0.2) is 32.7 Å². The summed E-state index contributed by atoms with van der Waals surface area (Å²) in [6, 6.07) is 4.33. The molecule has 0 saturated carbocycles. The lowest BCUT2D eigenvalue weighted by atomic mass is 10.1. The van der Waals surface area contributed by atoms with Gasteiger partial charge in [0.1, 0.15) is 5.76 Å². The van der Waals surface area contributed by atoms with Crippen LogP contribution in [0.2, 0.25) is 0 Å². The first kappa shape index (κ1) is 11.9. The molecule has 86 valence electrons. The van der Waals surface area contributed by atoms with Crippen molar-refractivity contribution in [1.29, 1.82) is 0 Å². The average molecular weight is 300 g/mol. The lowest BCUT2D eigenvalue weighted by molar-refractivity contribution is 0.427. The second kappa shape index (κ2) is 5.17. The molecule has 1 atom stereocenters. The Morgan fingerprint density at radius 1 is 1.50 bits per heavy atom. The van der Waals surface area contributed by atoms with Gasteiger partial charge in [-0.05, 0) is 53.0 Å². The topological polar surface area (TPSA) is 25.2 Å². The Labute approximate surface area is 108 Å². The van der Waals surface area contributed by atoms with Crippen molar-refractivity contribution in [3.05, 3.63) is 44.4 Å². The van der Waals surface area contributed by atoms with E-state index in [9.17, 15) is 0 Å². The minimum Gasteiger partial charge on any atom is -0.467 e. The van der Waals surface area contributed by atoms with Crippen LogP contribution in [-0.4, -0.2) is 7.05 Å². The molecule has 2 aromatic rings. The van der Waals surface area contributed by atoms with Gasteiger partial charge in [-0.1, -0.05) is 0 Å². The SMILES string of the molecule is CNC(Cc1sccc1Br)c1occc1C. The van der Waals surface area contributed by atoms with Crippen LogP contribution in [-0.2, 0) is 6.42 Å². The Hall–Kier alpha value is -0.580. The van der Waals surface area contributed by atoms with Gasteiger partial charge in [0.2, 0.25) is 0 Å². The minimum atomic E-state index is 0.241. The van der Waals surface area contributed by atoms with Crippen molar-refractivity contribution in [2.45, 2.75) is 19.4 Å². The molecule has 0 radical (unpaired) electrons. The van der Waals surface area contributed by atoms with E-state index < -0.39 is 0 Å². The minimum absolute atomic E-state index is 0.241. The fourth-order valence-corrected chi connectivity index (χ4v) is 3.28. The van der Waals surface area contributed by atoms with Crippen LogP contribution < -0.4 is 5.32 Å². The summed E-state index contributed by atoms with van der Waals surface area (Å²) < 4.78 is 6.72. The highest BCUT2D eigenvalue weighted by Crippen LogP contribution is 2.29. The number of hydrogen-bond donors (Lipinski definition) is 1. The zero-order chi connectivity index (χ0) is 11.5. The lowest BCUT2D eigenvalue weighted by Crippen LogP contribution is -2.18. The second-order valence-electron chi connectivity index (χ2n) is 3.70. The van der Waals surface area contributed by atoms with Gasteiger partial charge >= 0.3 is 0 Å². The van der Waals surface area contributed by atoms with Crippen LogP contribution in [0.1, 0.15) is 22.2 Å². The van der Waals surface area contributed by atoms with E-state index in [1.165, 1.54) is 14.9 Å². The zero-order valence-corrected chi connectivity index (χ0v) is 11.7. The smallest absolute Gasteiger partial charge is 0.123 e. The van der Waals surface area contributed by atoms with Crippen LogP contribution in [0.4, 0.5) is 0 Å². The Kier molecular flexibility index (Phi) is 3.84. The highest BCUT2D eigenvalue weighted by Gasteiger charge is 2.17. The second-order valence-corrected chi connectivity index (χ2v) is 5.56. The van der Waals surface area contributed by atoms with Crippen LogP contribution >= 0.6 is 27.3 Å². The molecule has 2 heterocycles. The van der Waals surface area contributed by atoms with Crippen LogP contribution in [0.5, 0.6) is 0 Å². The largest absolute Gasteiger partial charge is 0.467 e. The molecule has 2 aromatic heterocycles. The van der Waals surface area contributed by atoms with Crippen molar-refractivity contribution >= 4 is 27.3 Å². The Balaban J connectivity index is 2.19. The maximum Gasteiger partial charge on any atom is 0.123 e. The molecule has 0 aliphatic rings. The first-order valence-corrected chi connectivity index (χ1v) is 6.82. The molecule has 1 N–H and O–H groups in total. The average Bonchev–Trinajstić information content (AvgIpc) is 2.85. The number of hydrogen-bond acceptors (Lipinski definition) is 3. The molecule has 0 aromatic carbocycles. The van der Waals surface area contributed by atoms with E-state index >= 15 is 0 Å². The Bertz CT molecular complexity index is 463. The first-order valence-electron chi connectivity index (χ1n) is 5.15. The molecule has 1 unspecified atom stereocenters. The summed E-state index contributed by atoms with van der Waals surface area (Å²) in [5.41, 5.74) is 1.20. The van der Waals surface area contributed by atoms with E-state index in [1.54, 1.807) is 17.6 Å². The van der Waals surface area contributed by atoms with Gasteiger partial charge < -0.3 is 9.73 Å². The quantitative estimate of drug-likeness (QED) is 0.926. The molecule has 2 rings (SSSR count). The fourth-order valence-electron chi connectivity index (χ4n) is 1.72. The normalized spacial score (nSPS) is 12.9. The van der Waals surface area contributed by atoms with E-state index in [1.807, 2.05) is 13.1 Å². The third kappa shape index (κ3) is 2.39. The molecular formula is C12H14BrNOS. The van der Waals surface area contributed by atoms with Crippen molar-refractivity contribution in [3.63, 3.8) is 0 Å². The molecule has 16 heavy (non-hydrogen) atoms. The van der Waals surface area contributed by atoms with E-state index in [-0.39, 0.29) is 6.04 Å². The van der Waals surface area contributed by atoms with E-state index in [0.29, 0.717) is 0 Å². The van der Waals surface area contributed by atoms with Gasteiger partial charge in [-0.2, -0.15) is 0 Å². The zero-order valence-electron chi connectivity index (χ0n) is 9.29. The predicted molar refractivity (Wildman–Crippen MR) is 71.0 cm³/mol. The maximum atomic E-state index is 5.53. The Morgan fingerprint density at radius 3 is 2.81 bits per heavy atom. The number of halogens is 1. The van der Waals surface area contributed by atoms with E-state index in [2.05, 4.69) is 39.6 Å². The highest BCUT2D eigenvalue weighted by molar-refractivity contribution is 9.10. The monoisotopic (exact) mass is 299 g/mol. The molecule has 0 fully saturated rings. The van der Waals surface area contributed by atoms with Crippen molar-refractivity contribution in [2.75, 3.05) is 7.05 Å². The van der Waals surface area contributed by atoms with Crippen LogP contribution in [0, 0.1) is 6.92 Å². The van der Waals surface area contributed by atoms with Crippen molar-refractivity contribution < 1.29 is 4.42 Å². The molecule has 0 aliphatic heterocycles. The molecule has 2 nitrogen and oxygen atoms in total. The Morgan fingerprint density at radius 2 is 2.31 bits per heavy atom. The summed E-state index contributed by atoms with van der Waals surface area (Å²) in [7, 11) is 1.97. The van der Waals surface area contributed by atoms with E-state index in [0.717, 1.165) is 12.2 Å². The van der Waals surface area contributed by atoms with Crippen molar-refractivity contribution in [2.24, 2.45) is 0 Å². The fraction of sp³-hybridized carbons (Fsp3) is 0.333. The molecule has 0 aliphatic carbocycles. The lowest BCUT2D eigenvalue weighted by Gasteiger charge is -2.14. The molecule has 0 spiro atoms. The predicted octanol–water partition coefficient (Wildman–Crippen LogP) is 3.92.